The molecule has 2 unspecified atom stereocenters. The number of carbonyl (C=O) groups is 1. The van der Waals surface area contributed by atoms with Crippen molar-refractivity contribution in [2.75, 3.05) is 6.54 Å². The van der Waals surface area contributed by atoms with Crippen molar-refractivity contribution in [2.24, 2.45) is 5.73 Å². The quantitative estimate of drug-likeness (QED) is 0.768. The SMILES string of the molecule is CCC(CNC(=O)CCC(C)N)Oc1cccc(F)c1. The molecule has 1 aromatic rings. The summed E-state index contributed by atoms with van der Waals surface area (Å²) in [5, 5.41) is 2.81. The summed E-state index contributed by atoms with van der Waals surface area (Å²) >= 11 is 0. The first-order chi connectivity index (χ1) is 9.51. The standard InChI is InChI=1S/C15H23FN2O2/c1-3-13(10-18-15(19)8-7-11(2)17)20-14-6-4-5-12(16)9-14/h4-6,9,11,13H,3,7-8,10,17H2,1-2H3,(H,18,19). The molecule has 1 amide bonds. The van der Waals surface area contributed by atoms with E-state index in [0.29, 0.717) is 25.1 Å². The zero-order chi connectivity index (χ0) is 15.0. The van der Waals surface area contributed by atoms with Gasteiger partial charge in [-0.3, -0.25) is 4.79 Å². The van der Waals surface area contributed by atoms with Gasteiger partial charge in [0.05, 0.1) is 6.54 Å². The van der Waals surface area contributed by atoms with Crippen molar-refractivity contribution >= 4 is 5.91 Å². The molecule has 0 heterocycles. The lowest BCUT2D eigenvalue weighted by Gasteiger charge is -2.18. The first-order valence-corrected chi connectivity index (χ1v) is 6.95. The highest BCUT2D eigenvalue weighted by molar-refractivity contribution is 5.75. The van der Waals surface area contributed by atoms with Crippen molar-refractivity contribution in [3.05, 3.63) is 30.1 Å². The number of nitrogens with one attached hydrogen (secondary N) is 1. The Bertz CT molecular complexity index is 424. The van der Waals surface area contributed by atoms with Gasteiger partial charge in [-0.2, -0.15) is 0 Å². The van der Waals surface area contributed by atoms with Crippen LogP contribution in [0.3, 0.4) is 0 Å². The monoisotopic (exact) mass is 282 g/mol. The van der Waals surface area contributed by atoms with Gasteiger partial charge in [0.15, 0.2) is 0 Å². The van der Waals surface area contributed by atoms with Gasteiger partial charge in [0, 0.05) is 18.5 Å². The molecule has 0 aliphatic carbocycles. The van der Waals surface area contributed by atoms with Crippen LogP contribution in [-0.4, -0.2) is 24.6 Å². The summed E-state index contributed by atoms with van der Waals surface area (Å²) in [4.78, 5) is 11.6. The average molecular weight is 282 g/mol. The van der Waals surface area contributed by atoms with Gasteiger partial charge < -0.3 is 15.8 Å². The molecule has 20 heavy (non-hydrogen) atoms. The van der Waals surface area contributed by atoms with E-state index in [-0.39, 0.29) is 23.9 Å². The first-order valence-electron chi connectivity index (χ1n) is 6.95. The second-order valence-corrected chi connectivity index (χ2v) is 4.93. The molecule has 0 saturated heterocycles. The molecule has 0 aliphatic heterocycles. The summed E-state index contributed by atoms with van der Waals surface area (Å²) < 4.78 is 18.7. The molecular formula is C15H23FN2O2. The number of carbonyl (C=O) groups excluding carboxylic acids is 1. The predicted octanol–water partition coefficient (Wildman–Crippen LogP) is 2.23. The van der Waals surface area contributed by atoms with E-state index in [4.69, 9.17) is 10.5 Å². The second kappa shape index (κ2) is 8.53. The lowest BCUT2D eigenvalue weighted by Crippen LogP contribution is -2.35. The van der Waals surface area contributed by atoms with Gasteiger partial charge in [0.25, 0.3) is 0 Å². The third-order valence-corrected chi connectivity index (χ3v) is 2.91. The molecule has 1 rings (SSSR count). The van der Waals surface area contributed by atoms with Gasteiger partial charge in [-0.05, 0) is 31.9 Å². The maximum atomic E-state index is 13.1. The minimum atomic E-state index is -0.335. The predicted molar refractivity (Wildman–Crippen MR) is 77.0 cm³/mol. The molecule has 2 atom stereocenters. The topological polar surface area (TPSA) is 64.4 Å². The molecule has 1 aromatic carbocycles. The zero-order valence-electron chi connectivity index (χ0n) is 12.1. The maximum absolute atomic E-state index is 13.1. The molecule has 0 saturated carbocycles. The molecule has 3 N–H and O–H groups in total. The lowest BCUT2D eigenvalue weighted by molar-refractivity contribution is -0.121. The van der Waals surface area contributed by atoms with Crippen LogP contribution in [0.1, 0.15) is 33.1 Å². The van der Waals surface area contributed by atoms with Crippen LogP contribution in [0.4, 0.5) is 4.39 Å². The van der Waals surface area contributed by atoms with Crippen molar-refractivity contribution in [1.82, 2.24) is 5.32 Å². The van der Waals surface area contributed by atoms with Crippen LogP contribution in [0, 0.1) is 5.82 Å². The minimum Gasteiger partial charge on any atom is -0.489 e. The highest BCUT2D eigenvalue weighted by Gasteiger charge is 2.11. The van der Waals surface area contributed by atoms with Crippen LogP contribution in [0.2, 0.25) is 0 Å². The minimum absolute atomic E-state index is 0.0197. The smallest absolute Gasteiger partial charge is 0.220 e. The van der Waals surface area contributed by atoms with Crippen LogP contribution in [0.5, 0.6) is 5.75 Å². The van der Waals surface area contributed by atoms with E-state index in [1.807, 2.05) is 13.8 Å². The fourth-order valence-electron chi connectivity index (χ4n) is 1.68. The number of rotatable bonds is 8. The molecular weight excluding hydrogens is 259 g/mol. The van der Waals surface area contributed by atoms with Crippen molar-refractivity contribution in [2.45, 2.75) is 45.3 Å². The van der Waals surface area contributed by atoms with Crippen molar-refractivity contribution in [3.63, 3.8) is 0 Å². The van der Waals surface area contributed by atoms with Crippen LogP contribution in [0.15, 0.2) is 24.3 Å². The van der Waals surface area contributed by atoms with Crippen molar-refractivity contribution in [3.8, 4) is 5.75 Å². The summed E-state index contributed by atoms with van der Waals surface area (Å²) in [7, 11) is 0. The largest absolute Gasteiger partial charge is 0.489 e. The Morgan fingerprint density at radius 3 is 2.85 bits per heavy atom. The van der Waals surface area contributed by atoms with Gasteiger partial charge in [-0.15, -0.1) is 0 Å². The van der Waals surface area contributed by atoms with Gasteiger partial charge in [-0.1, -0.05) is 13.0 Å². The van der Waals surface area contributed by atoms with E-state index in [1.165, 1.54) is 12.1 Å². The summed E-state index contributed by atoms with van der Waals surface area (Å²) in [5.74, 6) is 0.101. The van der Waals surface area contributed by atoms with Crippen molar-refractivity contribution < 1.29 is 13.9 Å². The van der Waals surface area contributed by atoms with Crippen LogP contribution in [-0.2, 0) is 4.79 Å². The Labute approximate surface area is 119 Å². The normalized spacial score (nSPS) is 13.6. The molecule has 0 spiro atoms. The van der Waals surface area contributed by atoms with Gasteiger partial charge >= 0.3 is 0 Å². The number of hydrogen-bond acceptors (Lipinski definition) is 3. The molecule has 0 aliphatic rings. The fourth-order valence-corrected chi connectivity index (χ4v) is 1.68. The number of hydrogen-bond donors (Lipinski definition) is 2. The third kappa shape index (κ3) is 6.52. The first kappa shape index (κ1) is 16.4. The molecule has 0 bridgehead atoms. The van der Waals surface area contributed by atoms with Gasteiger partial charge in [0.1, 0.15) is 17.7 Å². The Balaban J connectivity index is 2.38. The number of amides is 1. The van der Waals surface area contributed by atoms with E-state index in [2.05, 4.69) is 5.32 Å². The Kier molecular flexibility index (Phi) is 7.01. The summed E-state index contributed by atoms with van der Waals surface area (Å²) in [6.07, 6.45) is 1.63. The Morgan fingerprint density at radius 1 is 1.50 bits per heavy atom. The number of benzene rings is 1. The zero-order valence-corrected chi connectivity index (χ0v) is 12.1. The molecule has 0 radical (unpaired) electrons. The van der Waals surface area contributed by atoms with Crippen LogP contribution < -0.4 is 15.8 Å². The summed E-state index contributed by atoms with van der Waals surface area (Å²) in [6, 6.07) is 6.01. The van der Waals surface area contributed by atoms with E-state index in [0.717, 1.165) is 6.42 Å². The lowest BCUT2D eigenvalue weighted by atomic mass is 10.2. The van der Waals surface area contributed by atoms with Crippen LogP contribution >= 0.6 is 0 Å². The van der Waals surface area contributed by atoms with Gasteiger partial charge in [0.2, 0.25) is 5.91 Å². The van der Waals surface area contributed by atoms with E-state index in [1.54, 1.807) is 12.1 Å². The van der Waals surface area contributed by atoms with Crippen LogP contribution in [0.25, 0.3) is 0 Å². The molecule has 0 fully saturated rings. The van der Waals surface area contributed by atoms with E-state index < -0.39 is 0 Å². The Hall–Kier alpha value is -1.62. The summed E-state index contributed by atoms with van der Waals surface area (Å²) in [5.41, 5.74) is 5.60. The highest BCUT2D eigenvalue weighted by Crippen LogP contribution is 2.14. The third-order valence-electron chi connectivity index (χ3n) is 2.91. The molecule has 0 aromatic heterocycles. The highest BCUT2D eigenvalue weighted by atomic mass is 19.1. The summed E-state index contributed by atoms with van der Waals surface area (Å²) in [6.45, 7) is 4.23. The van der Waals surface area contributed by atoms with E-state index in [9.17, 15) is 9.18 Å². The van der Waals surface area contributed by atoms with Gasteiger partial charge in [-0.25, -0.2) is 4.39 Å². The second-order valence-electron chi connectivity index (χ2n) is 4.93. The molecule has 112 valence electrons. The molecule has 5 heteroatoms. The Morgan fingerprint density at radius 2 is 2.25 bits per heavy atom. The number of nitrogens with two attached hydrogens (primary N) is 1. The average Bonchev–Trinajstić information content (AvgIpc) is 2.41. The fraction of sp³-hybridized carbons (Fsp3) is 0.533. The number of halogens is 1. The molecule has 4 nitrogen and oxygen atoms in total. The van der Waals surface area contributed by atoms with E-state index >= 15 is 0 Å². The maximum Gasteiger partial charge on any atom is 0.220 e. The van der Waals surface area contributed by atoms with Crippen molar-refractivity contribution in [1.29, 1.82) is 0 Å². The number of ether oxygens (including phenoxy) is 1.